The lowest BCUT2D eigenvalue weighted by Gasteiger charge is -2.29. The normalized spacial score (nSPS) is 13.9. The molecule has 0 spiro atoms. The van der Waals surface area contributed by atoms with Crippen LogP contribution < -0.4 is 4.90 Å². The molecule has 55 heavy (non-hydrogen) atoms. The zero-order chi connectivity index (χ0) is 36.7. The molecule has 0 N–H and O–H groups in total. The van der Waals surface area contributed by atoms with Gasteiger partial charge in [-0.3, -0.25) is 0 Å². The van der Waals surface area contributed by atoms with Gasteiger partial charge in [0.1, 0.15) is 11.3 Å². The van der Waals surface area contributed by atoms with Crippen LogP contribution in [0.25, 0.3) is 72.0 Å². The molecule has 0 aliphatic heterocycles. The number of aryl methyl sites for hydroxylation is 1. The van der Waals surface area contributed by atoms with Crippen LogP contribution in [-0.2, 0) is 11.8 Å². The van der Waals surface area contributed by atoms with Crippen LogP contribution in [0.1, 0.15) is 42.7 Å². The molecule has 0 bridgehead atoms. The number of hydrogen-bond acceptors (Lipinski definition) is 2. The summed E-state index contributed by atoms with van der Waals surface area (Å²) in [7, 11) is 0. The minimum absolute atomic E-state index is 0.0934. The number of furan rings is 1. The molecule has 11 rings (SSSR count). The molecule has 0 amide bonds. The summed E-state index contributed by atoms with van der Waals surface area (Å²) in [4.78, 5) is 2.45. The van der Waals surface area contributed by atoms with Crippen molar-refractivity contribution in [3.8, 4) is 33.4 Å². The van der Waals surface area contributed by atoms with Crippen molar-refractivity contribution in [3.05, 3.63) is 192 Å². The van der Waals surface area contributed by atoms with Gasteiger partial charge in [-0.05, 0) is 122 Å². The number of hydrogen-bond donors (Lipinski definition) is 0. The average molecular weight is 706 g/mol. The van der Waals surface area contributed by atoms with Crippen molar-refractivity contribution in [1.82, 2.24) is 0 Å². The largest absolute Gasteiger partial charge is 0.456 e. The Bertz CT molecular complexity index is 2990. The predicted molar refractivity (Wildman–Crippen MR) is 232 cm³/mol. The summed E-state index contributed by atoms with van der Waals surface area (Å²) in [6.07, 6.45) is 6.43. The highest BCUT2D eigenvalue weighted by Crippen LogP contribution is 2.54. The maximum Gasteiger partial charge on any atom is 0.135 e. The second-order valence-corrected chi connectivity index (χ2v) is 15.6. The fraction of sp³-hybridized carbons (Fsp3) is 0.0943. The van der Waals surface area contributed by atoms with Crippen molar-refractivity contribution in [1.29, 1.82) is 0 Å². The van der Waals surface area contributed by atoms with E-state index in [-0.39, 0.29) is 5.41 Å². The molecule has 0 radical (unpaired) electrons. The molecule has 9 aromatic rings. The van der Waals surface area contributed by atoms with Gasteiger partial charge in [-0.15, -0.1) is 0 Å². The SMILES string of the molecule is CC1(C)c2ccccc2-c2c(N(c3ccc(-c4ccc5c(ccc6oc7c(c65)CCC=C7)c4)cc3)c3ccc(-c4cccc5ccccc45)cc3)cccc21. The van der Waals surface area contributed by atoms with Gasteiger partial charge < -0.3 is 9.32 Å². The highest BCUT2D eigenvalue weighted by atomic mass is 16.3. The summed E-state index contributed by atoms with van der Waals surface area (Å²) in [6, 6.07) is 60.4. The molecule has 2 aliphatic carbocycles. The summed E-state index contributed by atoms with van der Waals surface area (Å²) >= 11 is 0. The first-order valence-electron chi connectivity index (χ1n) is 19.4. The second kappa shape index (κ2) is 12.2. The quantitative estimate of drug-likeness (QED) is 0.177. The van der Waals surface area contributed by atoms with Crippen molar-refractivity contribution in [2.24, 2.45) is 0 Å². The van der Waals surface area contributed by atoms with E-state index in [9.17, 15) is 0 Å². The van der Waals surface area contributed by atoms with Crippen molar-refractivity contribution in [2.45, 2.75) is 32.1 Å². The molecule has 1 aromatic heterocycles. The van der Waals surface area contributed by atoms with Gasteiger partial charge in [0.05, 0.1) is 5.69 Å². The Hall–Kier alpha value is -6.64. The number of benzene rings is 8. The second-order valence-electron chi connectivity index (χ2n) is 15.6. The van der Waals surface area contributed by atoms with E-state index in [0.29, 0.717) is 0 Å². The van der Waals surface area contributed by atoms with Gasteiger partial charge in [0, 0.05) is 33.3 Å². The lowest BCUT2D eigenvalue weighted by atomic mass is 9.82. The maximum atomic E-state index is 6.24. The molecule has 0 saturated carbocycles. The zero-order valence-electron chi connectivity index (χ0n) is 31.0. The highest BCUT2D eigenvalue weighted by Gasteiger charge is 2.37. The Kier molecular flexibility index (Phi) is 7.06. The fourth-order valence-electron chi connectivity index (χ4n) is 9.41. The van der Waals surface area contributed by atoms with E-state index in [4.69, 9.17) is 4.42 Å². The third-order valence-corrected chi connectivity index (χ3v) is 12.1. The van der Waals surface area contributed by atoms with E-state index in [1.807, 2.05) is 0 Å². The summed E-state index contributed by atoms with van der Waals surface area (Å²) in [5, 5.41) is 6.29. The van der Waals surface area contributed by atoms with Gasteiger partial charge in [0.15, 0.2) is 0 Å². The fourth-order valence-corrected chi connectivity index (χ4v) is 9.41. The van der Waals surface area contributed by atoms with Crippen molar-refractivity contribution in [2.75, 3.05) is 4.90 Å². The Morgan fingerprint density at radius 3 is 2.09 bits per heavy atom. The minimum atomic E-state index is -0.0934. The van der Waals surface area contributed by atoms with Crippen LogP contribution >= 0.6 is 0 Å². The first-order chi connectivity index (χ1) is 27.0. The molecule has 0 atom stereocenters. The Labute approximate surface area is 321 Å². The van der Waals surface area contributed by atoms with Crippen LogP contribution in [0.5, 0.6) is 0 Å². The van der Waals surface area contributed by atoms with Gasteiger partial charge >= 0.3 is 0 Å². The highest BCUT2D eigenvalue weighted by molar-refractivity contribution is 6.09. The van der Waals surface area contributed by atoms with E-state index in [1.54, 1.807) is 0 Å². The van der Waals surface area contributed by atoms with E-state index in [1.165, 1.54) is 82.7 Å². The topological polar surface area (TPSA) is 16.4 Å². The van der Waals surface area contributed by atoms with Gasteiger partial charge in [-0.2, -0.15) is 0 Å². The number of fused-ring (bicyclic) bond motifs is 9. The monoisotopic (exact) mass is 705 g/mol. The van der Waals surface area contributed by atoms with Gasteiger partial charge in [-0.1, -0.05) is 141 Å². The van der Waals surface area contributed by atoms with Crippen LogP contribution in [-0.4, -0.2) is 0 Å². The lowest BCUT2D eigenvalue weighted by Crippen LogP contribution is -2.16. The molecule has 0 fully saturated rings. The third kappa shape index (κ3) is 4.95. The van der Waals surface area contributed by atoms with Crippen molar-refractivity contribution >= 4 is 55.7 Å². The van der Waals surface area contributed by atoms with Crippen molar-refractivity contribution < 1.29 is 4.42 Å². The molecule has 0 unspecified atom stereocenters. The third-order valence-electron chi connectivity index (χ3n) is 12.1. The molecule has 8 aromatic carbocycles. The average Bonchev–Trinajstić information content (AvgIpc) is 3.74. The Morgan fingerprint density at radius 2 is 1.24 bits per heavy atom. The Morgan fingerprint density at radius 1 is 0.545 bits per heavy atom. The van der Waals surface area contributed by atoms with E-state index in [2.05, 4.69) is 195 Å². The smallest absolute Gasteiger partial charge is 0.135 e. The number of anilines is 3. The summed E-state index contributed by atoms with van der Waals surface area (Å²) in [6.45, 7) is 4.71. The molecule has 2 nitrogen and oxygen atoms in total. The van der Waals surface area contributed by atoms with Crippen LogP contribution in [0.15, 0.2) is 174 Å². The predicted octanol–water partition coefficient (Wildman–Crippen LogP) is 14.8. The first-order valence-corrected chi connectivity index (χ1v) is 19.4. The molecule has 0 saturated heterocycles. The number of rotatable bonds is 5. The standard InChI is InChI=1S/C53H39NO/c1-53(2)46-17-7-5-14-44(46)52-47(53)18-10-19-48(52)54(40-29-23-36(24-30-40)42-16-9-12-35-11-3-4-13-41(35)42)39-27-21-34(22-28-39)37-25-31-43-38(33-37)26-32-50-51(43)45-15-6-8-20-49(45)55-50/h3-5,7-14,16-33H,6,15H2,1-2H3. The number of allylic oxidation sites excluding steroid dienone is 1. The van der Waals surface area contributed by atoms with Crippen molar-refractivity contribution in [3.63, 3.8) is 0 Å². The van der Waals surface area contributed by atoms with Gasteiger partial charge in [0.2, 0.25) is 0 Å². The lowest BCUT2D eigenvalue weighted by molar-refractivity contribution is 0.595. The maximum absolute atomic E-state index is 6.24. The molecular formula is C53H39NO. The van der Waals surface area contributed by atoms with Crippen LogP contribution in [0, 0.1) is 0 Å². The number of nitrogens with zero attached hydrogens (tertiary/aromatic N) is 1. The van der Waals surface area contributed by atoms with E-state index < -0.39 is 0 Å². The molecule has 2 aliphatic rings. The molecule has 262 valence electrons. The van der Waals surface area contributed by atoms with Crippen LogP contribution in [0.2, 0.25) is 0 Å². The zero-order valence-corrected chi connectivity index (χ0v) is 31.0. The van der Waals surface area contributed by atoms with E-state index >= 15 is 0 Å². The summed E-state index contributed by atoms with van der Waals surface area (Å²) in [5.41, 5.74) is 15.9. The van der Waals surface area contributed by atoms with Gasteiger partial charge in [0.25, 0.3) is 0 Å². The molecule has 1 heterocycles. The molecule has 2 heteroatoms. The minimum Gasteiger partial charge on any atom is -0.456 e. The Balaban J connectivity index is 1.03. The van der Waals surface area contributed by atoms with Gasteiger partial charge in [-0.25, -0.2) is 0 Å². The van der Waals surface area contributed by atoms with E-state index in [0.717, 1.165) is 35.6 Å². The summed E-state index contributed by atoms with van der Waals surface area (Å²) < 4.78 is 6.24. The summed E-state index contributed by atoms with van der Waals surface area (Å²) in [5.74, 6) is 1.01. The first kappa shape index (κ1) is 31.8. The van der Waals surface area contributed by atoms with Crippen LogP contribution in [0.3, 0.4) is 0 Å². The van der Waals surface area contributed by atoms with Crippen LogP contribution in [0.4, 0.5) is 17.1 Å². The molecular weight excluding hydrogens is 667 g/mol.